The van der Waals surface area contributed by atoms with E-state index < -0.39 is 0 Å². The number of unbranched alkanes of at least 4 members (excludes halogenated alkanes) is 1. The third kappa shape index (κ3) is 4.94. The molecule has 0 heterocycles. The Hall–Kier alpha value is -2.00. The molecule has 0 saturated heterocycles. The molecule has 0 aliphatic rings. The van der Waals surface area contributed by atoms with E-state index in [1.807, 2.05) is 42.5 Å². The molecule has 106 valence electrons. The summed E-state index contributed by atoms with van der Waals surface area (Å²) in [5.74, 6) is 0.870. The van der Waals surface area contributed by atoms with Crippen LogP contribution in [0.4, 0.5) is 5.69 Å². The fourth-order valence-electron chi connectivity index (χ4n) is 1.88. The Labute approximate surface area is 120 Å². The van der Waals surface area contributed by atoms with Crippen LogP contribution in [0.5, 0.6) is 5.75 Å². The first-order valence-electron chi connectivity index (χ1n) is 7.00. The molecular formula is C17H21NO2. The second-order valence-electron chi connectivity index (χ2n) is 4.66. The average molecular weight is 271 g/mol. The predicted octanol–water partition coefficient (Wildman–Crippen LogP) is 3.45. The molecular weight excluding hydrogens is 250 g/mol. The Balaban J connectivity index is 1.76. The molecule has 0 aliphatic heterocycles. The molecule has 2 aromatic carbocycles. The molecule has 2 N–H and O–H groups in total. The van der Waals surface area contributed by atoms with Crippen LogP contribution >= 0.6 is 0 Å². The van der Waals surface area contributed by atoms with Crippen LogP contribution in [0.25, 0.3) is 0 Å². The van der Waals surface area contributed by atoms with Crippen LogP contribution in [0.3, 0.4) is 0 Å². The van der Waals surface area contributed by atoms with E-state index in [-0.39, 0.29) is 6.61 Å². The van der Waals surface area contributed by atoms with Crippen molar-refractivity contribution in [3.8, 4) is 5.75 Å². The Kier molecular flexibility index (Phi) is 5.93. The second kappa shape index (κ2) is 8.23. The SMILES string of the molecule is OCCCCNc1ccc(OCc2ccccc2)cc1. The summed E-state index contributed by atoms with van der Waals surface area (Å²) in [5, 5.41) is 12.0. The quantitative estimate of drug-likeness (QED) is 0.723. The van der Waals surface area contributed by atoms with E-state index in [4.69, 9.17) is 9.84 Å². The summed E-state index contributed by atoms with van der Waals surface area (Å²) in [6.07, 6.45) is 1.81. The van der Waals surface area contributed by atoms with E-state index in [1.165, 1.54) is 5.56 Å². The zero-order valence-corrected chi connectivity index (χ0v) is 11.6. The highest BCUT2D eigenvalue weighted by Gasteiger charge is 1.96. The van der Waals surface area contributed by atoms with E-state index in [2.05, 4.69) is 17.4 Å². The number of aliphatic hydroxyl groups excluding tert-OH is 1. The summed E-state index contributed by atoms with van der Waals surface area (Å²) < 4.78 is 5.73. The van der Waals surface area contributed by atoms with Crippen LogP contribution in [0.15, 0.2) is 54.6 Å². The monoisotopic (exact) mass is 271 g/mol. The lowest BCUT2D eigenvalue weighted by atomic mass is 10.2. The van der Waals surface area contributed by atoms with Gasteiger partial charge in [0.2, 0.25) is 0 Å². The lowest BCUT2D eigenvalue weighted by Crippen LogP contribution is -2.02. The number of aliphatic hydroxyl groups is 1. The van der Waals surface area contributed by atoms with Crippen LogP contribution in [-0.4, -0.2) is 18.3 Å². The van der Waals surface area contributed by atoms with E-state index >= 15 is 0 Å². The van der Waals surface area contributed by atoms with Gasteiger partial charge in [-0.15, -0.1) is 0 Å². The molecule has 0 unspecified atom stereocenters. The van der Waals surface area contributed by atoms with Gasteiger partial charge in [-0.2, -0.15) is 0 Å². The molecule has 0 amide bonds. The first-order valence-corrected chi connectivity index (χ1v) is 7.00. The van der Waals surface area contributed by atoms with Crippen molar-refractivity contribution in [1.82, 2.24) is 0 Å². The van der Waals surface area contributed by atoms with Crippen molar-refractivity contribution in [2.75, 3.05) is 18.5 Å². The molecule has 2 aromatic rings. The summed E-state index contributed by atoms with van der Waals surface area (Å²) in [5.41, 5.74) is 2.24. The number of nitrogens with one attached hydrogen (secondary N) is 1. The molecule has 2 rings (SSSR count). The minimum Gasteiger partial charge on any atom is -0.489 e. The minimum atomic E-state index is 0.258. The zero-order chi connectivity index (χ0) is 14.0. The number of hydrogen-bond acceptors (Lipinski definition) is 3. The maximum absolute atomic E-state index is 8.71. The van der Waals surface area contributed by atoms with Crippen molar-refractivity contribution in [3.63, 3.8) is 0 Å². The number of rotatable bonds is 8. The second-order valence-corrected chi connectivity index (χ2v) is 4.66. The van der Waals surface area contributed by atoms with Gasteiger partial charge in [0, 0.05) is 18.8 Å². The summed E-state index contributed by atoms with van der Waals surface area (Å²) in [6, 6.07) is 18.1. The Morgan fingerprint density at radius 3 is 2.35 bits per heavy atom. The molecule has 3 nitrogen and oxygen atoms in total. The van der Waals surface area contributed by atoms with Gasteiger partial charge in [0.25, 0.3) is 0 Å². The molecule has 0 aromatic heterocycles. The van der Waals surface area contributed by atoms with Crippen molar-refractivity contribution in [1.29, 1.82) is 0 Å². The maximum atomic E-state index is 8.71. The highest BCUT2D eigenvalue weighted by atomic mass is 16.5. The normalized spacial score (nSPS) is 10.2. The fourth-order valence-corrected chi connectivity index (χ4v) is 1.88. The molecule has 20 heavy (non-hydrogen) atoms. The summed E-state index contributed by atoms with van der Waals surface area (Å²) in [7, 11) is 0. The first kappa shape index (κ1) is 14.4. The largest absolute Gasteiger partial charge is 0.489 e. The van der Waals surface area contributed by atoms with Crippen molar-refractivity contribution < 1.29 is 9.84 Å². The van der Waals surface area contributed by atoms with Gasteiger partial charge in [0.15, 0.2) is 0 Å². The van der Waals surface area contributed by atoms with E-state index in [1.54, 1.807) is 0 Å². The molecule has 0 spiro atoms. The lowest BCUT2D eigenvalue weighted by molar-refractivity contribution is 0.286. The van der Waals surface area contributed by atoms with Crippen LogP contribution in [0, 0.1) is 0 Å². The molecule has 0 bridgehead atoms. The standard InChI is InChI=1S/C17H21NO2/c19-13-5-4-12-18-16-8-10-17(11-9-16)20-14-15-6-2-1-3-7-15/h1-3,6-11,18-19H,4-5,12-14H2. The minimum absolute atomic E-state index is 0.258. The number of hydrogen-bond donors (Lipinski definition) is 2. The van der Waals surface area contributed by atoms with Crippen molar-refractivity contribution in [2.45, 2.75) is 19.4 Å². The van der Waals surface area contributed by atoms with Crippen LogP contribution in [-0.2, 0) is 6.61 Å². The first-order chi connectivity index (χ1) is 9.88. The van der Waals surface area contributed by atoms with Crippen molar-refractivity contribution in [2.24, 2.45) is 0 Å². The molecule has 0 fully saturated rings. The third-order valence-electron chi connectivity index (χ3n) is 3.02. The smallest absolute Gasteiger partial charge is 0.119 e. The van der Waals surface area contributed by atoms with Crippen molar-refractivity contribution >= 4 is 5.69 Å². The van der Waals surface area contributed by atoms with Crippen LogP contribution in [0.1, 0.15) is 18.4 Å². The summed E-state index contributed by atoms with van der Waals surface area (Å²) in [4.78, 5) is 0. The summed E-state index contributed by atoms with van der Waals surface area (Å²) >= 11 is 0. The zero-order valence-electron chi connectivity index (χ0n) is 11.6. The van der Waals surface area contributed by atoms with Gasteiger partial charge >= 0.3 is 0 Å². The van der Waals surface area contributed by atoms with Crippen LogP contribution in [0.2, 0.25) is 0 Å². The van der Waals surface area contributed by atoms with Gasteiger partial charge in [0.1, 0.15) is 12.4 Å². The molecule has 3 heteroatoms. The third-order valence-corrected chi connectivity index (χ3v) is 3.02. The highest BCUT2D eigenvalue weighted by molar-refractivity contribution is 5.46. The van der Waals surface area contributed by atoms with Gasteiger partial charge < -0.3 is 15.2 Å². The fraction of sp³-hybridized carbons (Fsp3) is 0.294. The number of benzene rings is 2. The Morgan fingerprint density at radius 2 is 1.65 bits per heavy atom. The van der Waals surface area contributed by atoms with E-state index in [0.29, 0.717) is 6.61 Å². The average Bonchev–Trinajstić information content (AvgIpc) is 2.52. The van der Waals surface area contributed by atoms with Crippen LogP contribution < -0.4 is 10.1 Å². The topological polar surface area (TPSA) is 41.5 Å². The van der Waals surface area contributed by atoms with Gasteiger partial charge in [0.05, 0.1) is 0 Å². The molecule has 0 atom stereocenters. The van der Waals surface area contributed by atoms with E-state index in [9.17, 15) is 0 Å². The number of ether oxygens (including phenoxy) is 1. The van der Waals surface area contributed by atoms with Crippen molar-refractivity contribution in [3.05, 3.63) is 60.2 Å². The predicted molar refractivity (Wildman–Crippen MR) is 82.0 cm³/mol. The summed E-state index contributed by atoms with van der Waals surface area (Å²) in [6.45, 7) is 1.73. The molecule has 0 saturated carbocycles. The maximum Gasteiger partial charge on any atom is 0.119 e. The van der Waals surface area contributed by atoms with Gasteiger partial charge in [-0.05, 0) is 42.7 Å². The number of anilines is 1. The van der Waals surface area contributed by atoms with Gasteiger partial charge in [-0.1, -0.05) is 30.3 Å². The van der Waals surface area contributed by atoms with Gasteiger partial charge in [-0.25, -0.2) is 0 Å². The highest BCUT2D eigenvalue weighted by Crippen LogP contribution is 2.17. The van der Waals surface area contributed by atoms with Gasteiger partial charge in [-0.3, -0.25) is 0 Å². The lowest BCUT2D eigenvalue weighted by Gasteiger charge is -2.09. The Bertz CT molecular complexity index is 482. The molecule has 0 radical (unpaired) electrons. The van der Waals surface area contributed by atoms with E-state index in [0.717, 1.165) is 30.8 Å². The Morgan fingerprint density at radius 1 is 0.900 bits per heavy atom. The molecule has 0 aliphatic carbocycles.